The molecule has 0 aromatic rings. The van der Waals surface area contributed by atoms with E-state index in [0.717, 1.165) is 12.8 Å². The molecule has 0 radical (unpaired) electrons. The molecule has 1 saturated carbocycles. The topological polar surface area (TPSA) is 76.2 Å². The maximum atomic E-state index is 12.4. The molecule has 142 valence electrons. The van der Waals surface area contributed by atoms with Crippen LogP contribution < -0.4 is 0 Å². The summed E-state index contributed by atoms with van der Waals surface area (Å²) in [6.07, 6.45) is 1.68. The van der Waals surface area contributed by atoms with Gasteiger partial charge >= 0.3 is 12.1 Å². The van der Waals surface area contributed by atoms with Crippen LogP contribution in [-0.2, 0) is 19.1 Å². The van der Waals surface area contributed by atoms with Crippen LogP contribution >= 0.6 is 0 Å². The molecule has 0 N–H and O–H groups in total. The molecule has 25 heavy (non-hydrogen) atoms. The van der Waals surface area contributed by atoms with Gasteiger partial charge in [-0.1, -0.05) is 6.92 Å². The lowest BCUT2D eigenvalue weighted by molar-refractivity contribution is -0.159. The number of ether oxygens (including phenoxy) is 2. The largest absolute Gasteiger partial charge is 0.464 e. The Bertz CT molecular complexity index is 528. The van der Waals surface area contributed by atoms with Crippen molar-refractivity contribution in [3.05, 3.63) is 0 Å². The van der Waals surface area contributed by atoms with Gasteiger partial charge in [0.1, 0.15) is 5.60 Å². The van der Waals surface area contributed by atoms with E-state index in [1.54, 1.807) is 18.7 Å². The number of hydrogen-bond donors (Lipinski definition) is 0. The number of fused-ring (bicyclic) bond motifs is 1. The molecule has 2 rings (SSSR count). The standard InChI is InChI=1S/C18H30N2O5/c1-6-14(21)15(16(22)24-7-2)19-10-11-20(13-9-8-12(13)19)17(23)25-18(3,4)5/h12-13,15H,6-11H2,1-5H3. The zero-order valence-electron chi connectivity index (χ0n) is 15.9. The molecular weight excluding hydrogens is 324 g/mol. The fourth-order valence-electron chi connectivity index (χ4n) is 3.50. The quantitative estimate of drug-likeness (QED) is 0.555. The number of Topliss-reactive ketones (excluding diaryl/α,β-unsaturated/α-hetero) is 1. The number of esters is 1. The summed E-state index contributed by atoms with van der Waals surface area (Å²) in [7, 11) is 0. The average Bonchev–Trinajstić information content (AvgIpc) is 2.47. The fraction of sp³-hybridized carbons (Fsp3) is 0.833. The third-order valence-corrected chi connectivity index (χ3v) is 4.75. The summed E-state index contributed by atoms with van der Waals surface area (Å²) in [5.41, 5.74) is -0.543. The molecule has 3 unspecified atom stereocenters. The van der Waals surface area contributed by atoms with Crippen molar-refractivity contribution in [3.8, 4) is 0 Å². The van der Waals surface area contributed by atoms with Crippen molar-refractivity contribution in [2.75, 3.05) is 19.7 Å². The van der Waals surface area contributed by atoms with Gasteiger partial charge in [0.25, 0.3) is 0 Å². The highest BCUT2D eigenvalue weighted by Crippen LogP contribution is 2.36. The second-order valence-corrected chi connectivity index (χ2v) is 7.60. The first-order valence-corrected chi connectivity index (χ1v) is 9.14. The molecule has 2 fully saturated rings. The monoisotopic (exact) mass is 354 g/mol. The second-order valence-electron chi connectivity index (χ2n) is 7.60. The fourth-order valence-corrected chi connectivity index (χ4v) is 3.50. The lowest BCUT2D eigenvalue weighted by Crippen LogP contribution is -2.70. The Kier molecular flexibility index (Phi) is 6.08. The molecule has 7 nitrogen and oxygen atoms in total. The van der Waals surface area contributed by atoms with E-state index in [0.29, 0.717) is 13.1 Å². The molecule has 1 amide bonds. The van der Waals surface area contributed by atoms with Crippen LogP contribution in [0.25, 0.3) is 0 Å². The van der Waals surface area contributed by atoms with Crippen molar-refractivity contribution in [1.29, 1.82) is 0 Å². The first-order chi connectivity index (χ1) is 11.7. The summed E-state index contributed by atoms with van der Waals surface area (Å²) in [5.74, 6) is -0.611. The van der Waals surface area contributed by atoms with Crippen molar-refractivity contribution >= 4 is 17.8 Å². The lowest BCUT2D eigenvalue weighted by Gasteiger charge is -2.54. The van der Waals surface area contributed by atoms with Crippen molar-refractivity contribution in [2.45, 2.75) is 77.6 Å². The lowest BCUT2D eigenvalue weighted by atomic mass is 9.80. The maximum Gasteiger partial charge on any atom is 0.410 e. The Morgan fingerprint density at radius 1 is 1.08 bits per heavy atom. The van der Waals surface area contributed by atoms with Gasteiger partial charge in [0.2, 0.25) is 0 Å². The smallest absolute Gasteiger partial charge is 0.410 e. The van der Waals surface area contributed by atoms with E-state index in [1.807, 2.05) is 25.7 Å². The molecule has 0 spiro atoms. The number of ketones is 1. The van der Waals surface area contributed by atoms with Crippen LogP contribution in [0.3, 0.4) is 0 Å². The number of carbonyl (C=O) groups is 3. The number of hydrogen-bond acceptors (Lipinski definition) is 6. The first-order valence-electron chi connectivity index (χ1n) is 9.14. The van der Waals surface area contributed by atoms with Gasteiger partial charge < -0.3 is 14.4 Å². The first kappa shape index (κ1) is 19.7. The van der Waals surface area contributed by atoms with Gasteiger partial charge in [-0.25, -0.2) is 9.59 Å². The zero-order chi connectivity index (χ0) is 18.8. The van der Waals surface area contributed by atoms with Crippen LogP contribution in [0.1, 0.15) is 53.9 Å². The predicted molar refractivity (Wildman–Crippen MR) is 92.2 cm³/mol. The van der Waals surface area contributed by atoms with E-state index in [2.05, 4.69) is 0 Å². The van der Waals surface area contributed by atoms with E-state index in [9.17, 15) is 14.4 Å². The number of amides is 1. The van der Waals surface area contributed by atoms with Crippen LogP contribution in [0.15, 0.2) is 0 Å². The van der Waals surface area contributed by atoms with Gasteiger partial charge in [-0.2, -0.15) is 0 Å². The van der Waals surface area contributed by atoms with E-state index in [4.69, 9.17) is 9.47 Å². The van der Waals surface area contributed by atoms with Crippen molar-refractivity contribution < 1.29 is 23.9 Å². The number of rotatable bonds is 5. The molecule has 0 aromatic carbocycles. The summed E-state index contributed by atoms with van der Waals surface area (Å²) in [6.45, 7) is 10.2. The van der Waals surface area contributed by atoms with Crippen LogP contribution in [0.2, 0.25) is 0 Å². The van der Waals surface area contributed by atoms with Crippen molar-refractivity contribution in [1.82, 2.24) is 9.80 Å². The zero-order valence-corrected chi connectivity index (χ0v) is 15.9. The summed E-state index contributed by atoms with van der Waals surface area (Å²) >= 11 is 0. The van der Waals surface area contributed by atoms with Crippen molar-refractivity contribution in [2.24, 2.45) is 0 Å². The van der Waals surface area contributed by atoms with Crippen LogP contribution in [0, 0.1) is 0 Å². The van der Waals surface area contributed by atoms with E-state index in [-0.39, 0.29) is 37.0 Å². The van der Waals surface area contributed by atoms with E-state index >= 15 is 0 Å². The molecular formula is C18H30N2O5. The molecule has 1 heterocycles. The average molecular weight is 354 g/mol. The van der Waals surface area contributed by atoms with Gasteiger partial charge in [0.05, 0.1) is 12.6 Å². The van der Waals surface area contributed by atoms with Gasteiger partial charge in [0, 0.05) is 25.6 Å². The minimum Gasteiger partial charge on any atom is -0.464 e. The van der Waals surface area contributed by atoms with Gasteiger partial charge in [-0.15, -0.1) is 0 Å². The Hall–Kier alpha value is -1.63. The van der Waals surface area contributed by atoms with E-state index in [1.165, 1.54) is 0 Å². The molecule has 1 saturated heterocycles. The number of piperazine rings is 1. The molecule has 2 aliphatic rings. The summed E-state index contributed by atoms with van der Waals surface area (Å²) in [5, 5.41) is 0. The third kappa shape index (κ3) is 4.32. The summed E-state index contributed by atoms with van der Waals surface area (Å²) in [6, 6.07) is -0.866. The highest BCUT2D eigenvalue weighted by atomic mass is 16.6. The molecule has 3 atom stereocenters. The minimum absolute atomic E-state index is 0.00572. The van der Waals surface area contributed by atoms with E-state index < -0.39 is 17.6 Å². The highest BCUT2D eigenvalue weighted by Gasteiger charge is 2.50. The van der Waals surface area contributed by atoms with Gasteiger partial charge in [0.15, 0.2) is 11.8 Å². The molecule has 1 aliphatic heterocycles. The van der Waals surface area contributed by atoms with Crippen LogP contribution in [-0.4, -0.2) is 71.1 Å². The SMILES string of the molecule is CCOC(=O)C(C(=O)CC)N1CCN(C(=O)OC(C)(C)C)C2CCC21. The van der Waals surface area contributed by atoms with Gasteiger partial charge in [-0.05, 0) is 40.5 Å². The normalized spacial score (nSPS) is 24.8. The Morgan fingerprint density at radius 3 is 2.20 bits per heavy atom. The van der Waals surface area contributed by atoms with Crippen LogP contribution in [0.5, 0.6) is 0 Å². The predicted octanol–water partition coefficient (Wildman–Crippen LogP) is 1.98. The number of nitrogens with zero attached hydrogens (tertiary/aromatic N) is 2. The Labute approximate surface area is 149 Å². The van der Waals surface area contributed by atoms with Crippen molar-refractivity contribution in [3.63, 3.8) is 0 Å². The maximum absolute atomic E-state index is 12.4. The number of carbonyl (C=O) groups excluding carboxylic acids is 3. The van der Waals surface area contributed by atoms with Crippen LogP contribution in [0.4, 0.5) is 4.79 Å². The second kappa shape index (κ2) is 7.72. The molecule has 0 bridgehead atoms. The Balaban J connectivity index is 2.12. The van der Waals surface area contributed by atoms with Gasteiger partial charge in [-0.3, -0.25) is 9.69 Å². The molecule has 7 heteroatoms. The Morgan fingerprint density at radius 2 is 1.72 bits per heavy atom. The minimum atomic E-state index is -0.862. The molecule has 0 aromatic heterocycles. The third-order valence-electron chi connectivity index (χ3n) is 4.75. The summed E-state index contributed by atoms with van der Waals surface area (Å²) < 4.78 is 10.6. The molecule has 1 aliphatic carbocycles. The highest BCUT2D eigenvalue weighted by molar-refractivity contribution is 6.03. The summed E-state index contributed by atoms with van der Waals surface area (Å²) in [4.78, 5) is 40.8.